The topological polar surface area (TPSA) is 63.8 Å². The molecule has 74 valence electrons. The lowest BCUT2D eigenvalue weighted by molar-refractivity contribution is 0.880. The van der Waals surface area contributed by atoms with Gasteiger partial charge in [-0.05, 0) is 18.8 Å². The molecule has 1 aromatic rings. The molecule has 0 bridgehead atoms. The monoisotopic (exact) mass is 208 g/mol. The van der Waals surface area contributed by atoms with Gasteiger partial charge in [-0.2, -0.15) is 0 Å². The summed E-state index contributed by atoms with van der Waals surface area (Å²) in [6.07, 6.45) is 5.91. The smallest absolute Gasteiger partial charge is 0.144 e. The molecule has 0 spiro atoms. The lowest BCUT2D eigenvalue weighted by atomic mass is 10.4. The van der Waals surface area contributed by atoms with Crippen LogP contribution in [0.1, 0.15) is 18.5 Å². The number of nitrogens with zero attached hydrogens (tertiary/aromatic N) is 2. The largest absolute Gasteiger partial charge is 0.388 e. The molecule has 3 N–H and O–H groups in total. The van der Waals surface area contributed by atoms with E-state index >= 15 is 0 Å². The number of hydrogen-bond acceptors (Lipinski definition) is 4. The zero-order valence-electron chi connectivity index (χ0n) is 7.73. The molecule has 1 aliphatic rings. The van der Waals surface area contributed by atoms with Crippen LogP contribution in [-0.4, -0.2) is 21.5 Å². The average Bonchev–Trinajstić information content (AvgIpc) is 2.99. The highest BCUT2D eigenvalue weighted by Gasteiger charge is 2.20. The molecule has 1 fully saturated rings. The first-order valence-corrected chi connectivity index (χ1v) is 5.02. The molecule has 1 aliphatic carbocycles. The fourth-order valence-electron chi connectivity index (χ4n) is 1.12. The predicted octanol–water partition coefficient (Wildman–Crippen LogP) is 0.933. The third-order valence-corrected chi connectivity index (χ3v) is 2.38. The summed E-state index contributed by atoms with van der Waals surface area (Å²) >= 11 is 4.78. The minimum atomic E-state index is 0.284. The summed E-state index contributed by atoms with van der Waals surface area (Å²) < 4.78 is 0. The number of nitrogens with two attached hydrogens (primary N) is 1. The Bertz CT molecular complexity index is 331. The molecule has 4 nitrogen and oxygen atoms in total. The summed E-state index contributed by atoms with van der Waals surface area (Å²) in [5.74, 6) is 1.61. The van der Waals surface area contributed by atoms with Gasteiger partial charge in [0, 0.05) is 6.54 Å². The highest BCUT2D eigenvalue weighted by atomic mass is 32.1. The molecule has 2 rings (SSSR count). The Labute approximate surface area is 87.9 Å². The summed E-state index contributed by atoms with van der Waals surface area (Å²) in [6.45, 7) is 0.987. The first-order valence-electron chi connectivity index (χ1n) is 4.61. The van der Waals surface area contributed by atoms with Crippen LogP contribution < -0.4 is 11.1 Å². The maximum absolute atomic E-state index is 5.40. The third kappa shape index (κ3) is 2.38. The molecule has 0 amide bonds. The summed E-state index contributed by atoms with van der Waals surface area (Å²) in [6, 6.07) is 0. The van der Waals surface area contributed by atoms with Crippen LogP contribution in [0.15, 0.2) is 12.4 Å². The lowest BCUT2D eigenvalue weighted by Gasteiger charge is -2.03. The Morgan fingerprint density at radius 2 is 2.29 bits per heavy atom. The van der Waals surface area contributed by atoms with Crippen LogP contribution in [-0.2, 0) is 0 Å². The van der Waals surface area contributed by atoms with E-state index in [0.29, 0.717) is 5.69 Å². The van der Waals surface area contributed by atoms with Crippen LogP contribution in [0.4, 0.5) is 5.82 Å². The van der Waals surface area contributed by atoms with E-state index in [1.165, 1.54) is 12.8 Å². The van der Waals surface area contributed by atoms with Gasteiger partial charge in [-0.15, -0.1) is 0 Å². The SMILES string of the molecule is NC(=S)c1cnc(NCC2CC2)cn1. The highest BCUT2D eigenvalue weighted by Crippen LogP contribution is 2.28. The standard InChI is InChI=1S/C9H12N4S/c10-9(14)7-4-13-8(5-11-7)12-3-6-1-2-6/h4-6H,1-3H2,(H2,10,14)(H,12,13). The Morgan fingerprint density at radius 3 is 2.79 bits per heavy atom. The van der Waals surface area contributed by atoms with Crippen molar-refractivity contribution in [3.05, 3.63) is 18.1 Å². The van der Waals surface area contributed by atoms with Crippen molar-refractivity contribution in [3.8, 4) is 0 Å². The lowest BCUT2D eigenvalue weighted by Crippen LogP contribution is -2.13. The van der Waals surface area contributed by atoms with E-state index in [9.17, 15) is 0 Å². The number of nitrogens with one attached hydrogen (secondary N) is 1. The Hall–Kier alpha value is -1.23. The van der Waals surface area contributed by atoms with Gasteiger partial charge in [0.25, 0.3) is 0 Å². The zero-order chi connectivity index (χ0) is 9.97. The van der Waals surface area contributed by atoms with Crippen LogP contribution >= 0.6 is 12.2 Å². The van der Waals surface area contributed by atoms with Gasteiger partial charge >= 0.3 is 0 Å². The maximum atomic E-state index is 5.40. The minimum Gasteiger partial charge on any atom is -0.388 e. The normalized spacial score (nSPS) is 15.1. The van der Waals surface area contributed by atoms with Crippen molar-refractivity contribution in [1.29, 1.82) is 0 Å². The quantitative estimate of drug-likeness (QED) is 0.721. The number of anilines is 1. The molecule has 0 radical (unpaired) electrons. The Morgan fingerprint density at radius 1 is 1.50 bits per heavy atom. The average molecular weight is 208 g/mol. The van der Waals surface area contributed by atoms with Gasteiger partial charge in [0.05, 0.1) is 12.4 Å². The van der Waals surface area contributed by atoms with Crippen molar-refractivity contribution in [2.24, 2.45) is 11.7 Å². The second-order valence-electron chi connectivity index (χ2n) is 3.48. The zero-order valence-corrected chi connectivity index (χ0v) is 8.55. The van der Waals surface area contributed by atoms with Crippen molar-refractivity contribution in [2.45, 2.75) is 12.8 Å². The summed E-state index contributed by atoms with van der Waals surface area (Å²) in [5, 5.41) is 3.22. The molecule has 5 heteroatoms. The predicted molar refractivity (Wildman–Crippen MR) is 59.1 cm³/mol. The third-order valence-electron chi connectivity index (χ3n) is 2.17. The summed E-state index contributed by atoms with van der Waals surface area (Å²) in [4.78, 5) is 8.53. The molecule has 0 aliphatic heterocycles. The second-order valence-corrected chi connectivity index (χ2v) is 3.92. The minimum absolute atomic E-state index is 0.284. The van der Waals surface area contributed by atoms with Crippen molar-refractivity contribution in [2.75, 3.05) is 11.9 Å². The van der Waals surface area contributed by atoms with Crippen molar-refractivity contribution in [1.82, 2.24) is 9.97 Å². The summed E-state index contributed by atoms with van der Waals surface area (Å²) in [5.41, 5.74) is 5.97. The Balaban J connectivity index is 1.94. The van der Waals surface area contributed by atoms with Crippen LogP contribution in [0, 0.1) is 5.92 Å². The van der Waals surface area contributed by atoms with E-state index in [4.69, 9.17) is 18.0 Å². The molecule has 0 atom stereocenters. The molecular formula is C9H12N4S. The highest BCUT2D eigenvalue weighted by molar-refractivity contribution is 7.80. The second kappa shape index (κ2) is 3.88. The van der Waals surface area contributed by atoms with Gasteiger partial charge in [0.1, 0.15) is 16.5 Å². The number of aromatic nitrogens is 2. The van der Waals surface area contributed by atoms with Crippen molar-refractivity contribution < 1.29 is 0 Å². The number of thiocarbonyl (C=S) groups is 1. The van der Waals surface area contributed by atoms with Gasteiger partial charge in [0.2, 0.25) is 0 Å². The Kier molecular flexibility index (Phi) is 2.58. The molecule has 0 aromatic carbocycles. The number of hydrogen-bond donors (Lipinski definition) is 2. The molecule has 1 saturated carbocycles. The van der Waals surface area contributed by atoms with Crippen LogP contribution in [0.3, 0.4) is 0 Å². The first-order chi connectivity index (χ1) is 6.75. The fraction of sp³-hybridized carbons (Fsp3) is 0.444. The first kappa shape index (κ1) is 9.33. The molecule has 0 unspecified atom stereocenters. The van der Waals surface area contributed by atoms with E-state index in [1.807, 2.05) is 0 Å². The van der Waals surface area contributed by atoms with Gasteiger partial charge in [-0.1, -0.05) is 12.2 Å². The van der Waals surface area contributed by atoms with Gasteiger partial charge in [-0.3, -0.25) is 0 Å². The van der Waals surface area contributed by atoms with Gasteiger partial charge < -0.3 is 11.1 Å². The van der Waals surface area contributed by atoms with Crippen LogP contribution in [0.5, 0.6) is 0 Å². The van der Waals surface area contributed by atoms with E-state index < -0.39 is 0 Å². The fourth-order valence-corrected chi connectivity index (χ4v) is 1.22. The van der Waals surface area contributed by atoms with Crippen LogP contribution in [0.25, 0.3) is 0 Å². The van der Waals surface area contributed by atoms with E-state index in [2.05, 4.69) is 15.3 Å². The maximum Gasteiger partial charge on any atom is 0.144 e. The van der Waals surface area contributed by atoms with E-state index in [-0.39, 0.29) is 4.99 Å². The van der Waals surface area contributed by atoms with Crippen molar-refractivity contribution in [3.63, 3.8) is 0 Å². The molecule has 14 heavy (non-hydrogen) atoms. The van der Waals surface area contributed by atoms with Gasteiger partial charge in [-0.25, -0.2) is 9.97 Å². The van der Waals surface area contributed by atoms with E-state index in [1.54, 1.807) is 12.4 Å². The van der Waals surface area contributed by atoms with Gasteiger partial charge in [0.15, 0.2) is 0 Å². The molecule has 0 saturated heterocycles. The molecule has 1 aromatic heterocycles. The molecular weight excluding hydrogens is 196 g/mol. The number of rotatable bonds is 4. The van der Waals surface area contributed by atoms with Crippen LogP contribution in [0.2, 0.25) is 0 Å². The van der Waals surface area contributed by atoms with Crippen molar-refractivity contribution >= 4 is 23.0 Å². The van der Waals surface area contributed by atoms with E-state index in [0.717, 1.165) is 18.3 Å². The summed E-state index contributed by atoms with van der Waals surface area (Å²) in [7, 11) is 0. The molecule has 1 heterocycles.